The number of piperidine rings is 1. The van der Waals surface area contributed by atoms with Crippen molar-refractivity contribution in [2.45, 2.75) is 45.1 Å². The third-order valence-corrected chi connectivity index (χ3v) is 4.82. The molecule has 0 bridgehead atoms. The average molecular weight is 370 g/mol. The molecule has 8 heteroatoms. The number of carbonyl (C=O) groups is 1. The number of hydrogen-bond acceptors (Lipinski definition) is 7. The van der Waals surface area contributed by atoms with Gasteiger partial charge in [-0.05, 0) is 39.7 Å². The Morgan fingerprint density at radius 2 is 2.04 bits per heavy atom. The van der Waals surface area contributed by atoms with Crippen LogP contribution < -0.4 is 5.32 Å². The fraction of sp³-hybridized carbons (Fsp3) is 0.526. The third kappa shape index (κ3) is 4.57. The fourth-order valence-corrected chi connectivity index (χ4v) is 3.21. The van der Waals surface area contributed by atoms with Gasteiger partial charge in [-0.1, -0.05) is 0 Å². The number of nitrogens with zero attached hydrogens (tertiary/aromatic N) is 5. The SMILES string of the molecule is COC(C)(C)C(=O)N1CCCC(c2cc(Nc3ncccn3)nc(C)n2)C1. The van der Waals surface area contributed by atoms with Crippen LogP contribution in [0.4, 0.5) is 11.8 Å². The Balaban J connectivity index is 1.78. The first kappa shape index (κ1) is 19.2. The summed E-state index contributed by atoms with van der Waals surface area (Å²) in [5.41, 5.74) is 0.106. The number of rotatable bonds is 5. The number of likely N-dealkylation sites (tertiary alicyclic amines) is 1. The molecule has 1 saturated heterocycles. The highest BCUT2D eigenvalue weighted by Crippen LogP contribution is 2.29. The van der Waals surface area contributed by atoms with Crippen LogP contribution >= 0.6 is 0 Å². The Morgan fingerprint density at radius 1 is 1.30 bits per heavy atom. The molecule has 3 rings (SSSR count). The average Bonchev–Trinajstić information content (AvgIpc) is 2.68. The maximum absolute atomic E-state index is 12.7. The second-order valence-electron chi connectivity index (χ2n) is 7.23. The van der Waals surface area contributed by atoms with E-state index in [1.54, 1.807) is 39.4 Å². The Bertz CT molecular complexity index is 796. The molecule has 0 spiro atoms. The highest BCUT2D eigenvalue weighted by molar-refractivity contribution is 5.84. The van der Waals surface area contributed by atoms with Crippen molar-refractivity contribution in [3.8, 4) is 0 Å². The van der Waals surface area contributed by atoms with Crippen LogP contribution in [0, 0.1) is 6.92 Å². The molecule has 1 atom stereocenters. The van der Waals surface area contributed by atoms with Gasteiger partial charge in [-0.25, -0.2) is 19.9 Å². The summed E-state index contributed by atoms with van der Waals surface area (Å²) in [7, 11) is 1.57. The van der Waals surface area contributed by atoms with Gasteiger partial charge in [-0.2, -0.15) is 0 Å². The van der Waals surface area contributed by atoms with Gasteiger partial charge in [0.1, 0.15) is 17.2 Å². The van der Waals surface area contributed by atoms with E-state index in [2.05, 4.69) is 25.3 Å². The van der Waals surface area contributed by atoms with E-state index < -0.39 is 5.60 Å². The Morgan fingerprint density at radius 3 is 2.74 bits per heavy atom. The van der Waals surface area contributed by atoms with Crippen LogP contribution in [0.1, 0.15) is 44.1 Å². The zero-order chi connectivity index (χ0) is 19.4. The maximum Gasteiger partial charge on any atom is 0.254 e. The van der Waals surface area contributed by atoms with Gasteiger partial charge < -0.3 is 15.0 Å². The maximum atomic E-state index is 12.7. The molecule has 3 heterocycles. The van der Waals surface area contributed by atoms with Crippen molar-refractivity contribution in [2.75, 3.05) is 25.5 Å². The zero-order valence-corrected chi connectivity index (χ0v) is 16.3. The summed E-state index contributed by atoms with van der Waals surface area (Å²) in [5, 5.41) is 3.12. The Hall–Kier alpha value is -2.61. The monoisotopic (exact) mass is 370 g/mol. The van der Waals surface area contributed by atoms with Gasteiger partial charge in [-0.3, -0.25) is 4.79 Å². The molecule has 27 heavy (non-hydrogen) atoms. The molecule has 1 N–H and O–H groups in total. The molecule has 144 valence electrons. The molecular formula is C19H26N6O2. The molecular weight excluding hydrogens is 344 g/mol. The lowest BCUT2D eigenvalue weighted by Gasteiger charge is -2.37. The largest absolute Gasteiger partial charge is 0.369 e. The van der Waals surface area contributed by atoms with Gasteiger partial charge in [0.15, 0.2) is 0 Å². The second kappa shape index (κ2) is 7.96. The molecule has 0 aliphatic carbocycles. The van der Waals surface area contributed by atoms with Crippen LogP contribution in [0.5, 0.6) is 0 Å². The van der Waals surface area contributed by atoms with Crippen LogP contribution in [-0.4, -0.2) is 56.5 Å². The van der Waals surface area contributed by atoms with Crippen molar-refractivity contribution in [2.24, 2.45) is 0 Å². The molecule has 1 unspecified atom stereocenters. The number of nitrogens with one attached hydrogen (secondary N) is 1. The Kier molecular flexibility index (Phi) is 5.65. The molecule has 2 aromatic heterocycles. The lowest BCUT2D eigenvalue weighted by molar-refractivity contribution is -0.152. The van der Waals surface area contributed by atoms with Gasteiger partial charge in [0.25, 0.3) is 5.91 Å². The van der Waals surface area contributed by atoms with E-state index in [1.165, 1.54) is 0 Å². The number of hydrogen-bond donors (Lipinski definition) is 1. The lowest BCUT2D eigenvalue weighted by atomic mass is 9.93. The number of ether oxygens (including phenoxy) is 1. The fourth-order valence-electron chi connectivity index (χ4n) is 3.21. The van der Waals surface area contributed by atoms with Gasteiger partial charge >= 0.3 is 0 Å². The number of aryl methyl sites for hydroxylation is 1. The van der Waals surface area contributed by atoms with Crippen molar-refractivity contribution < 1.29 is 9.53 Å². The molecule has 1 amide bonds. The van der Waals surface area contributed by atoms with Crippen LogP contribution in [0.15, 0.2) is 24.5 Å². The van der Waals surface area contributed by atoms with Gasteiger partial charge in [0.05, 0.1) is 5.69 Å². The minimum Gasteiger partial charge on any atom is -0.369 e. The van der Waals surface area contributed by atoms with Crippen molar-refractivity contribution in [1.29, 1.82) is 0 Å². The molecule has 0 aromatic carbocycles. The van der Waals surface area contributed by atoms with Crippen LogP contribution in [0.3, 0.4) is 0 Å². The summed E-state index contributed by atoms with van der Waals surface area (Å²) >= 11 is 0. The molecule has 8 nitrogen and oxygen atoms in total. The van der Waals surface area contributed by atoms with E-state index in [9.17, 15) is 4.79 Å². The summed E-state index contributed by atoms with van der Waals surface area (Å²) in [6.45, 7) is 6.84. The van der Waals surface area contributed by atoms with Crippen molar-refractivity contribution in [3.05, 3.63) is 36.0 Å². The van der Waals surface area contributed by atoms with E-state index in [0.29, 0.717) is 24.1 Å². The first-order chi connectivity index (χ1) is 12.9. The summed E-state index contributed by atoms with van der Waals surface area (Å²) in [6.07, 6.45) is 5.26. The van der Waals surface area contributed by atoms with Gasteiger partial charge in [0.2, 0.25) is 5.95 Å². The number of methoxy groups -OCH3 is 1. The van der Waals surface area contributed by atoms with Gasteiger partial charge in [-0.15, -0.1) is 0 Å². The van der Waals surface area contributed by atoms with Crippen LogP contribution in [-0.2, 0) is 9.53 Å². The summed E-state index contributed by atoms with van der Waals surface area (Å²) in [6, 6.07) is 3.68. The smallest absolute Gasteiger partial charge is 0.254 e. The predicted octanol–water partition coefficient (Wildman–Crippen LogP) is 2.45. The van der Waals surface area contributed by atoms with Crippen LogP contribution in [0.25, 0.3) is 0 Å². The molecule has 0 saturated carbocycles. The second-order valence-corrected chi connectivity index (χ2v) is 7.23. The van der Waals surface area contributed by atoms with E-state index in [1.807, 2.05) is 17.9 Å². The Labute approximate surface area is 159 Å². The summed E-state index contributed by atoms with van der Waals surface area (Å²) in [4.78, 5) is 32.0. The van der Waals surface area contributed by atoms with E-state index >= 15 is 0 Å². The standard InChI is InChI=1S/C19H26N6O2/c1-13-22-15(11-16(23-13)24-18-20-8-6-9-21-18)14-7-5-10-25(12-14)17(26)19(2,3)27-4/h6,8-9,11,14H,5,7,10,12H2,1-4H3,(H,20,21,22,23,24). The van der Waals surface area contributed by atoms with E-state index in [-0.39, 0.29) is 11.8 Å². The topological polar surface area (TPSA) is 93.1 Å². The molecule has 1 aliphatic heterocycles. The first-order valence-electron chi connectivity index (χ1n) is 9.13. The van der Waals surface area contributed by atoms with E-state index in [4.69, 9.17) is 4.74 Å². The van der Waals surface area contributed by atoms with Gasteiger partial charge in [0, 0.05) is 44.6 Å². The molecule has 2 aromatic rings. The van der Waals surface area contributed by atoms with E-state index in [0.717, 1.165) is 25.1 Å². The number of carbonyl (C=O) groups excluding carboxylic acids is 1. The van der Waals surface area contributed by atoms with Crippen molar-refractivity contribution in [1.82, 2.24) is 24.8 Å². The normalized spacial score (nSPS) is 17.6. The third-order valence-electron chi connectivity index (χ3n) is 4.82. The van der Waals surface area contributed by atoms with Crippen LogP contribution in [0.2, 0.25) is 0 Å². The minimum atomic E-state index is -0.819. The van der Waals surface area contributed by atoms with Crippen molar-refractivity contribution in [3.63, 3.8) is 0 Å². The zero-order valence-electron chi connectivity index (χ0n) is 16.3. The number of aromatic nitrogens is 4. The first-order valence-corrected chi connectivity index (χ1v) is 9.13. The molecule has 0 radical (unpaired) electrons. The number of anilines is 2. The molecule has 1 aliphatic rings. The minimum absolute atomic E-state index is 0.0107. The quantitative estimate of drug-likeness (QED) is 0.864. The molecule has 1 fully saturated rings. The highest BCUT2D eigenvalue weighted by Gasteiger charge is 2.35. The lowest BCUT2D eigenvalue weighted by Crippen LogP contribution is -2.49. The van der Waals surface area contributed by atoms with Crippen molar-refractivity contribution >= 4 is 17.7 Å². The summed E-state index contributed by atoms with van der Waals surface area (Å²) in [5.74, 6) is 1.99. The summed E-state index contributed by atoms with van der Waals surface area (Å²) < 4.78 is 5.36. The number of amides is 1. The highest BCUT2D eigenvalue weighted by atomic mass is 16.5. The predicted molar refractivity (Wildman–Crippen MR) is 102 cm³/mol.